The molecule has 2 heterocycles. The van der Waals surface area contributed by atoms with Gasteiger partial charge in [-0.15, -0.1) is 0 Å². The second kappa shape index (κ2) is 13.5. The maximum Gasteiger partial charge on any atom is 0.214 e. The van der Waals surface area contributed by atoms with Crippen molar-refractivity contribution in [1.82, 2.24) is 9.88 Å². The molecule has 0 aliphatic carbocycles. The van der Waals surface area contributed by atoms with Gasteiger partial charge >= 0.3 is 0 Å². The van der Waals surface area contributed by atoms with Crippen molar-refractivity contribution >= 4 is 28.4 Å². The first-order chi connectivity index (χ1) is 20.0. The highest BCUT2D eigenvalue weighted by Crippen LogP contribution is 2.34. The van der Waals surface area contributed by atoms with Gasteiger partial charge in [0.25, 0.3) is 0 Å². The number of hydrogen-bond donors (Lipinski definition) is 0. The number of ether oxygens (including phenoxy) is 2. The zero-order valence-corrected chi connectivity index (χ0v) is 24.7. The molecular formula is C32H33ClFN3O3S. The Balaban J connectivity index is 1.41. The second-order valence-corrected chi connectivity index (χ2v) is 11.7. The first kappa shape index (κ1) is 29.0. The van der Waals surface area contributed by atoms with Crippen molar-refractivity contribution in [3.05, 3.63) is 113 Å². The summed E-state index contributed by atoms with van der Waals surface area (Å²) in [6.07, 6.45) is 3.45. The molecule has 0 N–H and O–H groups in total. The Morgan fingerprint density at radius 3 is 2.51 bits per heavy atom. The highest BCUT2D eigenvalue weighted by Gasteiger charge is 2.26. The molecule has 1 aliphatic heterocycles. The van der Waals surface area contributed by atoms with Gasteiger partial charge in [0.15, 0.2) is 11.0 Å². The van der Waals surface area contributed by atoms with E-state index >= 15 is 0 Å². The minimum atomic E-state index is -1.74. The van der Waals surface area contributed by atoms with Crippen LogP contribution in [0.15, 0.2) is 89.8 Å². The number of methoxy groups -OCH3 is 2. The third-order valence-electron chi connectivity index (χ3n) is 7.36. The van der Waals surface area contributed by atoms with Crippen molar-refractivity contribution in [2.45, 2.75) is 43.3 Å². The van der Waals surface area contributed by atoms with Gasteiger partial charge in [-0.05, 0) is 66.9 Å². The summed E-state index contributed by atoms with van der Waals surface area (Å²) in [6.45, 7) is 1.85. The SMILES string of the molecule is COc1ccc(CN(c2cccc(F)n2)S(=O)c2ccc(CN3CCCCC3c3ccccc3)c(Cl)c2)c(OC)c1. The predicted octanol–water partition coefficient (Wildman–Crippen LogP) is 7.35. The van der Waals surface area contributed by atoms with Crippen molar-refractivity contribution < 1.29 is 18.1 Å². The molecule has 0 saturated carbocycles. The Kier molecular flexibility index (Phi) is 9.54. The smallest absolute Gasteiger partial charge is 0.214 e. The monoisotopic (exact) mass is 593 g/mol. The van der Waals surface area contributed by atoms with E-state index in [0.717, 1.165) is 30.5 Å². The quantitative estimate of drug-likeness (QED) is 0.180. The molecular weight excluding hydrogens is 561 g/mol. The number of benzene rings is 3. The van der Waals surface area contributed by atoms with Crippen molar-refractivity contribution in [1.29, 1.82) is 0 Å². The van der Waals surface area contributed by atoms with Gasteiger partial charge in [-0.2, -0.15) is 4.39 Å². The average Bonchev–Trinajstić information content (AvgIpc) is 3.01. The summed E-state index contributed by atoms with van der Waals surface area (Å²) < 4.78 is 40.6. The summed E-state index contributed by atoms with van der Waals surface area (Å²) in [5.41, 5.74) is 3.03. The zero-order valence-electron chi connectivity index (χ0n) is 23.1. The van der Waals surface area contributed by atoms with Crippen LogP contribution in [0.4, 0.5) is 10.2 Å². The molecule has 2 atom stereocenters. The van der Waals surface area contributed by atoms with Crippen LogP contribution in [0.5, 0.6) is 11.5 Å². The second-order valence-electron chi connectivity index (χ2n) is 9.93. The van der Waals surface area contributed by atoms with Gasteiger partial charge in [0.05, 0.1) is 25.7 Å². The van der Waals surface area contributed by atoms with Crippen LogP contribution in [0.2, 0.25) is 5.02 Å². The summed E-state index contributed by atoms with van der Waals surface area (Å²) in [6, 6.07) is 26.2. The van der Waals surface area contributed by atoms with E-state index in [1.165, 1.54) is 22.4 Å². The van der Waals surface area contributed by atoms with Crippen LogP contribution in [0.1, 0.15) is 42.0 Å². The number of piperidine rings is 1. The lowest BCUT2D eigenvalue weighted by molar-refractivity contribution is 0.140. The van der Waals surface area contributed by atoms with Crippen LogP contribution in [0.25, 0.3) is 0 Å². The van der Waals surface area contributed by atoms with Gasteiger partial charge < -0.3 is 9.47 Å². The molecule has 0 radical (unpaired) electrons. The molecule has 214 valence electrons. The third kappa shape index (κ3) is 6.89. The van der Waals surface area contributed by atoms with Gasteiger partial charge in [-0.25, -0.2) is 9.19 Å². The standard InChI is InChI=1S/C32H33ClFN3O3S/c1-39-26-16-14-25(30(19-26)40-2)22-37(32-13-8-12-31(34)35-32)41(38)27-17-15-24(28(33)20-27)21-36-18-7-6-11-29(36)23-9-4-3-5-10-23/h3-5,8-10,12-17,19-20,29H,6-7,11,18,21-22H2,1-2H3. The highest BCUT2D eigenvalue weighted by molar-refractivity contribution is 7.86. The van der Waals surface area contributed by atoms with Crippen molar-refractivity contribution in [3.8, 4) is 11.5 Å². The van der Waals surface area contributed by atoms with Crippen LogP contribution in [-0.2, 0) is 24.1 Å². The van der Waals surface area contributed by atoms with E-state index < -0.39 is 16.9 Å². The largest absolute Gasteiger partial charge is 0.497 e. The summed E-state index contributed by atoms with van der Waals surface area (Å²) in [4.78, 5) is 6.98. The van der Waals surface area contributed by atoms with Crippen LogP contribution in [-0.4, -0.2) is 34.9 Å². The Morgan fingerprint density at radius 2 is 1.78 bits per heavy atom. The lowest BCUT2D eigenvalue weighted by Crippen LogP contribution is -2.33. The fourth-order valence-corrected chi connectivity index (χ4v) is 6.73. The predicted molar refractivity (Wildman–Crippen MR) is 161 cm³/mol. The first-order valence-corrected chi connectivity index (χ1v) is 15.1. The lowest BCUT2D eigenvalue weighted by atomic mass is 9.94. The number of hydrogen-bond acceptors (Lipinski definition) is 5. The van der Waals surface area contributed by atoms with E-state index in [9.17, 15) is 8.60 Å². The van der Waals surface area contributed by atoms with E-state index in [0.29, 0.717) is 34.0 Å². The molecule has 3 aromatic carbocycles. The summed E-state index contributed by atoms with van der Waals surface area (Å²) in [5, 5.41) is 0.544. The number of halogens is 2. The number of nitrogens with zero attached hydrogens (tertiary/aromatic N) is 3. The van der Waals surface area contributed by atoms with E-state index in [1.807, 2.05) is 24.3 Å². The molecule has 1 aromatic heterocycles. The van der Waals surface area contributed by atoms with Gasteiger partial charge in [-0.1, -0.05) is 60.5 Å². The minimum Gasteiger partial charge on any atom is -0.497 e. The zero-order chi connectivity index (χ0) is 28.8. The lowest BCUT2D eigenvalue weighted by Gasteiger charge is -2.36. The molecule has 0 spiro atoms. The number of pyridine rings is 1. The molecule has 1 saturated heterocycles. The Hall–Kier alpha value is -3.46. The normalized spacial score (nSPS) is 16.2. The van der Waals surface area contributed by atoms with E-state index in [-0.39, 0.29) is 12.4 Å². The van der Waals surface area contributed by atoms with Gasteiger partial charge in [-0.3, -0.25) is 9.21 Å². The molecule has 5 rings (SSSR count). The van der Waals surface area contributed by atoms with Gasteiger partial charge in [0.1, 0.15) is 17.3 Å². The summed E-state index contributed by atoms with van der Waals surface area (Å²) in [5.74, 6) is 0.771. The fourth-order valence-electron chi connectivity index (χ4n) is 5.24. The van der Waals surface area contributed by atoms with Crippen molar-refractivity contribution in [2.75, 3.05) is 25.1 Å². The first-order valence-electron chi connectivity index (χ1n) is 13.6. The topological polar surface area (TPSA) is 54.9 Å². The molecule has 0 bridgehead atoms. The molecule has 9 heteroatoms. The Morgan fingerprint density at radius 1 is 0.976 bits per heavy atom. The Bertz CT molecular complexity index is 1510. The van der Waals surface area contributed by atoms with Crippen LogP contribution >= 0.6 is 11.6 Å². The van der Waals surface area contributed by atoms with Crippen molar-refractivity contribution in [2.24, 2.45) is 0 Å². The molecule has 1 fully saturated rings. The highest BCUT2D eigenvalue weighted by atomic mass is 35.5. The molecule has 6 nitrogen and oxygen atoms in total. The van der Waals surface area contributed by atoms with Crippen LogP contribution < -0.4 is 13.8 Å². The average molecular weight is 594 g/mol. The van der Waals surface area contributed by atoms with Gasteiger partial charge in [0, 0.05) is 29.2 Å². The molecule has 4 aromatic rings. The van der Waals surface area contributed by atoms with Crippen molar-refractivity contribution in [3.63, 3.8) is 0 Å². The van der Waals surface area contributed by atoms with Gasteiger partial charge in [0.2, 0.25) is 5.95 Å². The van der Waals surface area contributed by atoms with Crippen LogP contribution in [0.3, 0.4) is 0 Å². The minimum absolute atomic E-state index is 0.155. The number of likely N-dealkylation sites (tertiary alicyclic amines) is 1. The number of anilines is 1. The number of rotatable bonds is 10. The molecule has 1 aliphatic rings. The molecule has 0 amide bonds. The van der Waals surface area contributed by atoms with Crippen LogP contribution in [0, 0.1) is 5.95 Å². The Labute approximate surface area is 248 Å². The van der Waals surface area contributed by atoms with E-state index in [4.69, 9.17) is 21.1 Å². The third-order valence-corrected chi connectivity index (χ3v) is 9.09. The maximum absolute atomic E-state index is 14.2. The molecule has 41 heavy (non-hydrogen) atoms. The van der Waals surface area contributed by atoms with E-state index in [1.54, 1.807) is 44.6 Å². The van der Waals surface area contributed by atoms with E-state index in [2.05, 4.69) is 34.1 Å². The summed E-state index contributed by atoms with van der Waals surface area (Å²) in [7, 11) is 1.39. The molecule has 2 unspecified atom stereocenters. The fraction of sp³-hybridized carbons (Fsp3) is 0.281. The maximum atomic E-state index is 14.2. The summed E-state index contributed by atoms with van der Waals surface area (Å²) >= 11 is 6.81. The number of aromatic nitrogens is 1.